The van der Waals surface area contributed by atoms with Crippen LogP contribution in [0, 0.1) is 23.0 Å². The van der Waals surface area contributed by atoms with Crippen molar-refractivity contribution in [3.05, 3.63) is 35.4 Å². The van der Waals surface area contributed by atoms with E-state index in [1.54, 1.807) is 0 Å². The molecule has 1 heterocycles. The number of hydrogen-bond donors (Lipinski definition) is 1. The van der Waals surface area contributed by atoms with Crippen molar-refractivity contribution in [3.8, 4) is 6.07 Å². The predicted octanol–water partition coefficient (Wildman–Crippen LogP) is 2.11. The van der Waals surface area contributed by atoms with Crippen LogP contribution in [0.4, 0.5) is 8.78 Å². The molecule has 0 bridgehead atoms. The van der Waals surface area contributed by atoms with Crippen LogP contribution in [0.25, 0.3) is 0 Å². The summed E-state index contributed by atoms with van der Waals surface area (Å²) in [5, 5.41) is 12.3. The van der Waals surface area contributed by atoms with Crippen molar-refractivity contribution in [1.82, 2.24) is 5.32 Å². The predicted molar refractivity (Wildman–Crippen MR) is 55.8 cm³/mol. The van der Waals surface area contributed by atoms with E-state index in [0.717, 1.165) is 0 Å². The second-order valence-corrected chi connectivity index (χ2v) is 4.04. The topological polar surface area (TPSA) is 35.8 Å². The Kier molecular flexibility index (Phi) is 2.88. The van der Waals surface area contributed by atoms with E-state index in [9.17, 15) is 14.0 Å². The Morgan fingerprint density at radius 3 is 2.25 bits per heavy atom. The summed E-state index contributed by atoms with van der Waals surface area (Å²) in [5.74, 6) is -1.24. The molecule has 16 heavy (non-hydrogen) atoms. The molecule has 2 rings (SSSR count). The monoisotopic (exact) mass is 222 g/mol. The molecule has 1 saturated heterocycles. The highest BCUT2D eigenvalue weighted by Crippen LogP contribution is 2.35. The quantitative estimate of drug-likeness (QED) is 0.790. The molecule has 1 N–H and O–H groups in total. The minimum Gasteiger partial charge on any atom is -0.317 e. The lowest BCUT2D eigenvalue weighted by Crippen LogP contribution is -2.40. The Bertz CT molecular complexity index is 411. The summed E-state index contributed by atoms with van der Waals surface area (Å²) in [6.45, 7) is 1.22. The largest absolute Gasteiger partial charge is 0.317 e. The smallest absolute Gasteiger partial charge is 0.130 e. The van der Waals surface area contributed by atoms with Gasteiger partial charge in [0.1, 0.15) is 11.6 Å². The van der Waals surface area contributed by atoms with E-state index in [0.29, 0.717) is 25.9 Å². The first-order valence-corrected chi connectivity index (χ1v) is 5.26. The average molecular weight is 222 g/mol. The zero-order valence-corrected chi connectivity index (χ0v) is 8.76. The maximum absolute atomic E-state index is 13.7. The van der Waals surface area contributed by atoms with E-state index in [1.807, 2.05) is 0 Å². The lowest BCUT2D eigenvalue weighted by Gasteiger charge is -2.32. The molecule has 0 aliphatic carbocycles. The first-order valence-electron chi connectivity index (χ1n) is 5.26. The van der Waals surface area contributed by atoms with Crippen LogP contribution >= 0.6 is 0 Å². The highest BCUT2D eigenvalue weighted by molar-refractivity contribution is 5.35. The fraction of sp³-hybridized carbons (Fsp3) is 0.417. The average Bonchev–Trinajstić information content (AvgIpc) is 2.30. The summed E-state index contributed by atoms with van der Waals surface area (Å²) in [6, 6.07) is 5.83. The van der Waals surface area contributed by atoms with E-state index >= 15 is 0 Å². The van der Waals surface area contributed by atoms with Crippen LogP contribution in [0.1, 0.15) is 18.4 Å². The third kappa shape index (κ3) is 1.68. The molecule has 0 aromatic heterocycles. The summed E-state index contributed by atoms with van der Waals surface area (Å²) in [6.07, 6.45) is 0.892. The van der Waals surface area contributed by atoms with Gasteiger partial charge in [-0.2, -0.15) is 5.26 Å². The minimum absolute atomic E-state index is 0.0704. The zero-order valence-electron chi connectivity index (χ0n) is 8.76. The maximum atomic E-state index is 13.7. The molecule has 2 nitrogen and oxygen atoms in total. The van der Waals surface area contributed by atoms with Gasteiger partial charge in [0.25, 0.3) is 0 Å². The normalized spacial score (nSPS) is 19.1. The summed E-state index contributed by atoms with van der Waals surface area (Å²) in [4.78, 5) is 0. The van der Waals surface area contributed by atoms with Gasteiger partial charge in [0.15, 0.2) is 0 Å². The summed E-state index contributed by atoms with van der Waals surface area (Å²) >= 11 is 0. The molecule has 0 amide bonds. The van der Waals surface area contributed by atoms with Gasteiger partial charge >= 0.3 is 0 Å². The van der Waals surface area contributed by atoms with Crippen molar-refractivity contribution in [2.24, 2.45) is 0 Å². The number of nitrogens with one attached hydrogen (secondary N) is 1. The Morgan fingerprint density at radius 2 is 1.75 bits per heavy atom. The number of nitrogens with zero attached hydrogens (tertiary/aromatic N) is 1. The van der Waals surface area contributed by atoms with E-state index in [-0.39, 0.29) is 5.56 Å². The summed E-state index contributed by atoms with van der Waals surface area (Å²) in [7, 11) is 0. The fourth-order valence-electron chi connectivity index (χ4n) is 2.23. The van der Waals surface area contributed by atoms with Crippen LogP contribution in [0.15, 0.2) is 18.2 Å². The molecule has 1 aromatic carbocycles. The second kappa shape index (κ2) is 4.18. The number of nitriles is 1. The van der Waals surface area contributed by atoms with Crippen LogP contribution in [0.3, 0.4) is 0 Å². The Labute approximate surface area is 92.9 Å². The number of benzene rings is 1. The van der Waals surface area contributed by atoms with E-state index in [2.05, 4.69) is 11.4 Å². The van der Waals surface area contributed by atoms with Crippen molar-refractivity contribution in [2.45, 2.75) is 18.3 Å². The minimum atomic E-state index is -1.01. The van der Waals surface area contributed by atoms with E-state index in [4.69, 9.17) is 0 Å². The van der Waals surface area contributed by atoms with Gasteiger partial charge in [-0.25, -0.2) is 8.78 Å². The Hall–Kier alpha value is -1.47. The van der Waals surface area contributed by atoms with Crippen molar-refractivity contribution >= 4 is 0 Å². The molecule has 1 aromatic rings. The number of piperidine rings is 1. The molecule has 0 radical (unpaired) electrons. The van der Waals surface area contributed by atoms with Crippen molar-refractivity contribution < 1.29 is 8.78 Å². The van der Waals surface area contributed by atoms with Gasteiger partial charge in [-0.1, -0.05) is 6.07 Å². The highest BCUT2D eigenvalue weighted by Gasteiger charge is 2.38. The molecule has 0 saturated carbocycles. The zero-order chi connectivity index (χ0) is 11.6. The molecule has 1 aliphatic heterocycles. The van der Waals surface area contributed by atoms with Crippen LogP contribution in [0.2, 0.25) is 0 Å². The van der Waals surface area contributed by atoms with Crippen LogP contribution in [0.5, 0.6) is 0 Å². The molecule has 4 heteroatoms. The first-order chi connectivity index (χ1) is 7.69. The van der Waals surface area contributed by atoms with Gasteiger partial charge in [0.2, 0.25) is 0 Å². The highest BCUT2D eigenvalue weighted by atomic mass is 19.1. The summed E-state index contributed by atoms with van der Waals surface area (Å²) < 4.78 is 27.3. The number of rotatable bonds is 1. The molecular weight excluding hydrogens is 210 g/mol. The van der Waals surface area contributed by atoms with Gasteiger partial charge in [-0.3, -0.25) is 0 Å². The fourth-order valence-corrected chi connectivity index (χ4v) is 2.23. The van der Waals surface area contributed by atoms with Crippen molar-refractivity contribution in [1.29, 1.82) is 5.26 Å². The van der Waals surface area contributed by atoms with Gasteiger partial charge in [0, 0.05) is 5.56 Å². The third-order valence-electron chi connectivity index (χ3n) is 3.11. The Balaban J connectivity index is 2.52. The first kappa shape index (κ1) is 11.0. The lowest BCUT2D eigenvalue weighted by molar-refractivity contribution is 0.356. The lowest BCUT2D eigenvalue weighted by atomic mass is 9.74. The van der Waals surface area contributed by atoms with Crippen LogP contribution in [-0.4, -0.2) is 13.1 Å². The van der Waals surface area contributed by atoms with Crippen LogP contribution in [-0.2, 0) is 5.41 Å². The molecule has 0 atom stereocenters. The molecule has 0 spiro atoms. The molecule has 84 valence electrons. The molecule has 1 fully saturated rings. The van der Waals surface area contributed by atoms with Crippen molar-refractivity contribution in [3.63, 3.8) is 0 Å². The maximum Gasteiger partial charge on any atom is 0.130 e. The number of hydrogen-bond acceptors (Lipinski definition) is 2. The summed E-state index contributed by atoms with van der Waals surface area (Å²) in [5.41, 5.74) is -1.08. The molecule has 0 unspecified atom stereocenters. The van der Waals surface area contributed by atoms with Gasteiger partial charge in [-0.15, -0.1) is 0 Å². The van der Waals surface area contributed by atoms with Gasteiger partial charge in [0.05, 0.1) is 11.5 Å². The number of halogens is 2. The molecule has 1 aliphatic rings. The third-order valence-corrected chi connectivity index (χ3v) is 3.11. The van der Waals surface area contributed by atoms with Crippen LogP contribution < -0.4 is 5.32 Å². The van der Waals surface area contributed by atoms with Gasteiger partial charge in [-0.05, 0) is 38.1 Å². The Morgan fingerprint density at radius 1 is 1.19 bits per heavy atom. The standard InChI is InChI=1S/C12H12F2N2/c13-9-2-1-3-10(14)11(9)12(8-15)4-6-16-7-5-12/h1-3,16H,4-7H2. The van der Waals surface area contributed by atoms with Gasteiger partial charge < -0.3 is 5.32 Å². The van der Waals surface area contributed by atoms with E-state index < -0.39 is 17.0 Å². The SMILES string of the molecule is N#CC1(c2c(F)cccc2F)CCNCC1. The van der Waals surface area contributed by atoms with E-state index in [1.165, 1.54) is 18.2 Å². The second-order valence-electron chi connectivity index (χ2n) is 4.04. The molecular formula is C12H12F2N2. The van der Waals surface area contributed by atoms with Crippen molar-refractivity contribution in [2.75, 3.05) is 13.1 Å².